The van der Waals surface area contributed by atoms with E-state index in [0.29, 0.717) is 23.8 Å². The molecule has 1 aromatic carbocycles. The van der Waals surface area contributed by atoms with Crippen LogP contribution in [0.2, 0.25) is 0 Å². The number of benzene rings is 1. The maximum absolute atomic E-state index is 11.7. The van der Waals surface area contributed by atoms with Crippen LogP contribution in [0.3, 0.4) is 0 Å². The van der Waals surface area contributed by atoms with Crippen LogP contribution in [-0.4, -0.2) is 43.1 Å². The number of carboxylic acids is 1. The van der Waals surface area contributed by atoms with Crippen LogP contribution in [-0.2, 0) is 4.74 Å². The molecule has 1 atom stereocenters. The van der Waals surface area contributed by atoms with Crippen LogP contribution in [0.25, 0.3) is 11.3 Å². The summed E-state index contributed by atoms with van der Waals surface area (Å²) in [5.41, 5.74) is 0.691. The normalized spacial score (nSPS) is 16.8. The van der Waals surface area contributed by atoms with Crippen molar-refractivity contribution in [2.45, 2.75) is 19.3 Å². The summed E-state index contributed by atoms with van der Waals surface area (Å²) in [5.74, 6) is 0.726. The van der Waals surface area contributed by atoms with Gasteiger partial charge >= 0.3 is 5.97 Å². The van der Waals surface area contributed by atoms with Gasteiger partial charge in [0.25, 0.3) is 0 Å². The third kappa shape index (κ3) is 4.11. The van der Waals surface area contributed by atoms with Crippen molar-refractivity contribution in [3.05, 3.63) is 29.8 Å². The molecule has 7 heteroatoms. The van der Waals surface area contributed by atoms with Crippen LogP contribution in [0.5, 0.6) is 5.75 Å². The third-order valence-corrected chi connectivity index (χ3v) is 4.36. The average Bonchev–Trinajstić information content (AvgIpc) is 3.28. The second-order valence-electron chi connectivity index (χ2n) is 6.07. The van der Waals surface area contributed by atoms with E-state index in [4.69, 9.17) is 14.0 Å². The summed E-state index contributed by atoms with van der Waals surface area (Å²) in [6.07, 6.45) is 3.09. The molecule has 2 aromatic rings. The topological polar surface area (TPSA) is 93.8 Å². The van der Waals surface area contributed by atoms with Gasteiger partial charge in [0.15, 0.2) is 17.1 Å². The van der Waals surface area contributed by atoms with Gasteiger partial charge in [0.1, 0.15) is 5.75 Å². The van der Waals surface area contributed by atoms with Crippen LogP contribution in [0, 0.1) is 5.92 Å². The molecule has 0 amide bonds. The molecule has 0 radical (unpaired) electrons. The zero-order chi connectivity index (χ0) is 17.6. The highest BCUT2D eigenvalue weighted by molar-refractivity contribution is 5.99. The van der Waals surface area contributed by atoms with E-state index in [1.54, 1.807) is 31.4 Å². The molecule has 0 saturated carbocycles. The van der Waals surface area contributed by atoms with Crippen molar-refractivity contribution >= 4 is 11.8 Å². The molecule has 0 aliphatic carbocycles. The van der Waals surface area contributed by atoms with Gasteiger partial charge in [-0.05, 0) is 49.4 Å². The zero-order valence-electron chi connectivity index (χ0n) is 14.2. The molecule has 1 aliphatic heterocycles. The van der Waals surface area contributed by atoms with Gasteiger partial charge in [0, 0.05) is 25.3 Å². The fourth-order valence-electron chi connectivity index (χ4n) is 2.96. The molecule has 1 fully saturated rings. The van der Waals surface area contributed by atoms with E-state index in [1.807, 2.05) is 0 Å². The summed E-state index contributed by atoms with van der Waals surface area (Å²) in [5, 5.41) is 16.5. The lowest BCUT2D eigenvalue weighted by molar-refractivity contribution is 0.0698. The molecule has 7 nitrogen and oxygen atoms in total. The number of carbonyl (C=O) groups is 1. The number of hydrogen-bond donors (Lipinski definition) is 2. The second-order valence-corrected chi connectivity index (χ2v) is 6.07. The fraction of sp³-hybridized carbons (Fsp3) is 0.444. The number of nitrogens with zero attached hydrogens (tertiary/aromatic N) is 1. The lowest BCUT2D eigenvalue weighted by Gasteiger charge is -2.07. The summed E-state index contributed by atoms with van der Waals surface area (Å²) in [6, 6.07) is 6.99. The van der Waals surface area contributed by atoms with E-state index >= 15 is 0 Å². The minimum Gasteiger partial charge on any atom is -0.497 e. The highest BCUT2D eigenvalue weighted by atomic mass is 16.5. The summed E-state index contributed by atoms with van der Waals surface area (Å²) in [7, 11) is 1.58. The van der Waals surface area contributed by atoms with Gasteiger partial charge in [-0.2, -0.15) is 0 Å². The number of anilines is 1. The molecule has 2 heterocycles. The van der Waals surface area contributed by atoms with Gasteiger partial charge in [0.2, 0.25) is 0 Å². The van der Waals surface area contributed by atoms with Crippen LogP contribution >= 0.6 is 0 Å². The Bertz CT molecular complexity index is 705. The van der Waals surface area contributed by atoms with Crippen molar-refractivity contribution in [1.29, 1.82) is 0 Å². The smallest absolute Gasteiger partial charge is 0.343 e. The fourth-order valence-corrected chi connectivity index (χ4v) is 2.96. The number of aromatic nitrogens is 1. The molecule has 3 rings (SSSR count). The van der Waals surface area contributed by atoms with Crippen molar-refractivity contribution in [2.75, 3.05) is 32.2 Å². The van der Waals surface area contributed by atoms with E-state index in [9.17, 15) is 9.90 Å². The number of methoxy groups -OCH3 is 1. The van der Waals surface area contributed by atoms with Crippen molar-refractivity contribution in [3.63, 3.8) is 0 Å². The maximum Gasteiger partial charge on any atom is 0.343 e. The van der Waals surface area contributed by atoms with Gasteiger partial charge < -0.3 is 24.4 Å². The number of rotatable bonds is 8. The van der Waals surface area contributed by atoms with Crippen molar-refractivity contribution in [1.82, 2.24) is 5.16 Å². The zero-order valence-corrected chi connectivity index (χ0v) is 14.2. The molecule has 25 heavy (non-hydrogen) atoms. The minimum absolute atomic E-state index is 0.0503. The lowest BCUT2D eigenvalue weighted by Crippen LogP contribution is -2.09. The Morgan fingerprint density at radius 2 is 2.20 bits per heavy atom. The Morgan fingerprint density at radius 1 is 1.40 bits per heavy atom. The van der Waals surface area contributed by atoms with E-state index in [1.165, 1.54) is 0 Å². The Kier molecular flexibility index (Phi) is 5.55. The highest BCUT2D eigenvalue weighted by Crippen LogP contribution is 2.30. The van der Waals surface area contributed by atoms with Crippen molar-refractivity contribution in [3.8, 4) is 17.1 Å². The predicted molar refractivity (Wildman–Crippen MR) is 92.1 cm³/mol. The number of nitrogens with one attached hydrogen (secondary N) is 1. The largest absolute Gasteiger partial charge is 0.497 e. The molecular formula is C18H22N2O5. The molecule has 1 aromatic heterocycles. The Hall–Kier alpha value is -2.54. The number of hydrogen-bond acceptors (Lipinski definition) is 6. The van der Waals surface area contributed by atoms with Crippen molar-refractivity contribution in [2.24, 2.45) is 5.92 Å². The molecular weight excluding hydrogens is 324 g/mol. The maximum atomic E-state index is 11.7. The first-order valence-electron chi connectivity index (χ1n) is 8.38. The molecule has 2 N–H and O–H groups in total. The summed E-state index contributed by atoms with van der Waals surface area (Å²) in [4.78, 5) is 11.7. The standard InChI is InChI=1S/C18H22N2O5/c1-23-14-6-4-13(5-7-14)16-15(18(21)22)17(20-25-16)19-9-2-3-12-8-10-24-11-12/h4-7,12H,2-3,8-11H2,1H3,(H,19,20)(H,21,22). The first-order chi connectivity index (χ1) is 12.2. The van der Waals surface area contributed by atoms with Gasteiger partial charge in [0.05, 0.1) is 7.11 Å². The molecule has 1 saturated heterocycles. The van der Waals surface area contributed by atoms with Crippen LogP contribution in [0.4, 0.5) is 5.82 Å². The molecule has 0 bridgehead atoms. The third-order valence-electron chi connectivity index (χ3n) is 4.36. The highest BCUT2D eigenvalue weighted by Gasteiger charge is 2.24. The SMILES string of the molecule is COc1ccc(-c2onc(NCCCC3CCOC3)c2C(=O)O)cc1. The van der Waals surface area contributed by atoms with Crippen LogP contribution in [0.1, 0.15) is 29.6 Å². The molecule has 134 valence electrons. The van der Waals surface area contributed by atoms with E-state index in [2.05, 4.69) is 10.5 Å². The number of carboxylic acid groups (broad SMARTS) is 1. The summed E-state index contributed by atoms with van der Waals surface area (Å²) >= 11 is 0. The van der Waals surface area contributed by atoms with Gasteiger partial charge in [-0.25, -0.2) is 4.79 Å². The number of ether oxygens (including phenoxy) is 2. The van der Waals surface area contributed by atoms with Crippen molar-refractivity contribution < 1.29 is 23.9 Å². The predicted octanol–water partition coefficient (Wildman–Crippen LogP) is 3.28. The van der Waals surface area contributed by atoms with Gasteiger partial charge in [-0.1, -0.05) is 5.16 Å². The second kappa shape index (κ2) is 8.02. The lowest BCUT2D eigenvalue weighted by atomic mass is 10.0. The Labute approximate surface area is 145 Å². The Morgan fingerprint density at radius 3 is 2.84 bits per heavy atom. The Balaban J connectivity index is 1.67. The summed E-state index contributed by atoms with van der Waals surface area (Å²) in [6.45, 7) is 2.31. The molecule has 0 spiro atoms. The average molecular weight is 346 g/mol. The minimum atomic E-state index is -1.07. The van der Waals surface area contributed by atoms with E-state index in [-0.39, 0.29) is 17.1 Å². The molecule has 1 aliphatic rings. The van der Waals surface area contributed by atoms with Gasteiger partial charge in [-0.15, -0.1) is 0 Å². The van der Waals surface area contributed by atoms with E-state index in [0.717, 1.165) is 32.5 Å². The molecule has 1 unspecified atom stereocenters. The van der Waals surface area contributed by atoms with Gasteiger partial charge in [-0.3, -0.25) is 0 Å². The first kappa shape index (κ1) is 17.3. The summed E-state index contributed by atoms with van der Waals surface area (Å²) < 4.78 is 15.8. The van der Waals surface area contributed by atoms with E-state index < -0.39 is 5.97 Å². The van der Waals surface area contributed by atoms with Crippen LogP contribution in [0.15, 0.2) is 28.8 Å². The monoisotopic (exact) mass is 346 g/mol. The van der Waals surface area contributed by atoms with Crippen LogP contribution < -0.4 is 10.1 Å². The quantitative estimate of drug-likeness (QED) is 0.708. The first-order valence-corrected chi connectivity index (χ1v) is 8.38. The number of aromatic carboxylic acids is 1.